The number of hydrogen-bond donors (Lipinski definition) is 2. The third-order valence-corrected chi connectivity index (χ3v) is 12.8. The van der Waals surface area contributed by atoms with E-state index in [9.17, 15) is 19.8 Å². The Kier molecular flexibility index (Phi) is 5.75. The number of carbonyl (C=O) groups excluding carboxylic acids is 2. The average Bonchev–Trinajstić information content (AvgIpc) is 3.56. The maximum atomic E-state index is 17.5. The van der Waals surface area contributed by atoms with Gasteiger partial charge in [0.25, 0.3) is 0 Å². The summed E-state index contributed by atoms with van der Waals surface area (Å²) in [7, 11) is 0. The van der Waals surface area contributed by atoms with Crippen LogP contribution in [0.2, 0.25) is 0 Å². The second kappa shape index (κ2) is 8.63. The summed E-state index contributed by atoms with van der Waals surface area (Å²) in [4.78, 5) is 29.3. The van der Waals surface area contributed by atoms with Gasteiger partial charge in [0.15, 0.2) is 17.2 Å². The topological polar surface area (TPSA) is 77.8 Å². The molecule has 3 saturated carbocycles. The molecule has 212 valence electrons. The molecule has 2 aromatic rings. The van der Waals surface area contributed by atoms with E-state index in [0.29, 0.717) is 26.1 Å². The van der Waals surface area contributed by atoms with E-state index in [2.05, 4.69) is 23.1 Å². The third kappa shape index (κ3) is 3.17. The molecule has 40 heavy (non-hydrogen) atoms. The molecule has 1 saturated heterocycles. The Morgan fingerprint density at radius 1 is 1.20 bits per heavy atom. The van der Waals surface area contributed by atoms with E-state index in [4.69, 9.17) is 0 Å². The van der Waals surface area contributed by atoms with E-state index in [0.717, 1.165) is 0 Å². The van der Waals surface area contributed by atoms with Crippen molar-refractivity contribution in [2.75, 3.05) is 19.7 Å². The standard InChI is InChI=1S/C32H35F2NO4S/c1-29-8-7-20(37)11-24(29)25(33)12-23-22-10-19-14-35(15-21-9-18-5-3-4-6-26(18)40-21)17-31(19,28(39)16-36)30(22,2)13-27(38)32(23,29)34/h3-9,11,19,22-23,25,27,36,38H,10,12-17H2,1-2H3/t19-,22-,23-,25-,27-,29-,30-,31-,32-/m0/s1. The first-order chi connectivity index (χ1) is 19.0. The number of alkyl halides is 2. The van der Waals surface area contributed by atoms with Gasteiger partial charge in [0.1, 0.15) is 12.8 Å². The van der Waals surface area contributed by atoms with E-state index in [1.807, 2.05) is 19.1 Å². The normalized spacial score (nSPS) is 44.2. The van der Waals surface area contributed by atoms with Crippen molar-refractivity contribution in [1.82, 2.24) is 4.90 Å². The molecule has 1 aromatic heterocycles. The number of aliphatic hydroxyl groups excluding tert-OH is 2. The van der Waals surface area contributed by atoms with Gasteiger partial charge in [-0.3, -0.25) is 14.5 Å². The maximum absolute atomic E-state index is 17.5. The number of likely N-dealkylation sites (tertiary alicyclic amines) is 1. The minimum absolute atomic E-state index is 0.0469. The zero-order chi connectivity index (χ0) is 28.2. The van der Waals surface area contributed by atoms with Crippen LogP contribution in [0.15, 0.2) is 54.1 Å². The quantitative estimate of drug-likeness (QED) is 0.555. The highest BCUT2D eigenvalue weighted by atomic mass is 32.1. The van der Waals surface area contributed by atoms with Crippen LogP contribution < -0.4 is 0 Å². The number of nitrogens with zero attached hydrogens (tertiary/aromatic N) is 1. The molecule has 8 heteroatoms. The Balaban J connectivity index is 1.26. The minimum Gasteiger partial charge on any atom is -0.390 e. The Bertz CT molecular complexity index is 1450. The molecular formula is C32H35F2NO4S. The van der Waals surface area contributed by atoms with Gasteiger partial charge >= 0.3 is 0 Å². The SMILES string of the molecule is C[C@]12C=CC(=O)C=C1[C@@H](F)C[C@H]1[C@@H]3C[C@H]4CN(Cc5cc6ccccc6s5)C[C@]4(C(=O)CO)[C@@]3(C)C[C@H](O)[C@@]12F. The number of Topliss-reactive ketones (excluding diaryl/α,β-unsaturated/α-hetero) is 1. The van der Waals surface area contributed by atoms with Gasteiger partial charge in [-0.25, -0.2) is 8.78 Å². The van der Waals surface area contributed by atoms with Crippen molar-refractivity contribution in [2.45, 2.75) is 57.6 Å². The summed E-state index contributed by atoms with van der Waals surface area (Å²) in [5, 5.41) is 23.1. The first-order valence-corrected chi connectivity index (χ1v) is 15.1. The summed E-state index contributed by atoms with van der Waals surface area (Å²) in [6, 6.07) is 10.4. The lowest BCUT2D eigenvalue weighted by molar-refractivity contribution is -0.212. The van der Waals surface area contributed by atoms with Crippen LogP contribution >= 0.6 is 11.3 Å². The summed E-state index contributed by atoms with van der Waals surface area (Å²) in [6.07, 6.45) is 1.45. The summed E-state index contributed by atoms with van der Waals surface area (Å²) in [5.41, 5.74) is -5.26. The average molecular weight is 568 g/mol. The molecule has 9 atom stereocenters. The van der Waals surface area contributed by atoms with Crippen molar-refractivity contribution in [3.05, 3.63) is 59.0 Å². The number of aliphatic hydroxyl groups is 2. The summed E-state index contributed by atoms with van der Waals surface area (Å²) >= 11 is 1.73. The fourth-order valence-corrected chi connectivity index (χ4v) is 11.1. The van der Waals surface area contributed by atoms with Gasteiger partial charge in [-0.15, -0.1) is 11.3 Å². The fraction of sp³-hybridized carbons (Fsp3) is 0.562. The third-order valence-electron chi connectivity index (χ3n) is 11.7. The van der Waals surface area contributed by atoms with Gasteiger partial charge < -0.3 is 10.2 Å². The minimum atomic E-state index is -2.17. The van der Waals surface area contributed by atoms with E-state index in [1.165, 1.54) is 33.2 Å². The van der Waals surface area contributed by atoms with Crippen molar-refractivity contribution in [3.63, 3.8) is 0 Å². The van der Waals surface area contributed by atoms with E-state index in [1.54, 1.807) is 18.3 Å². The Morgan fingerprint density at radius 3 is 2.73 bits per heavy atom. The van der Waals surface area contributed by atoms with Gasteiger partial charge in [-0.05, 0) is 78.7 Å². The number of rotatable bonds is 4. The number of hydrogen-bond acceptors (Lipinski definition) is 6. The lowest BCUT2D eigenvalue weighted by Crippen LogP contribution is -2.69. The molecule has 0 spiro atoms. The van der Waals surface area contributed by atoms with Crippen molar-refractivity contribution < 1.29 is 28.6 Å². The Morgan fingerprint density at radius 2 is 1.98 bits per heavy atom. The smallest absolute Gasteiger partial charge is 0.178 e. The number of fused-ring (bicyclic) bond motifs is 8. The summed E-state index contributed by atoms with van der Waals surface area (Å²) in [6.45, 7) is 4.69. The number of carbonyl (C=O) groups is 2. The van der Waals surface area contributed by atoms with E-state index < -0.39 is 46.7 Å². The predicted molar refractivity (Wildman–Crippen MR) is 149 cm³/mol. The Labute approximate surface area is 236 Å². The number of thiophene rings is 1. The van der Waals surface area contributed by atoms with Crippen molar-refractivity contribution in [1.29, 1.82) is 0 Å². The van der Waals surface area contributed by atoms with Crippen LogP contribution in [0.1, 0.15) is 38.0 Å². The van der Waals surface area contributed by atoms with Gasteiger partial charge in [-0.1, -0.05) is 31.2 Å². The van der Waals surface area contributed by atoms with E-state index in [-0.39, 0.29) is 41.8 Å². The van der Waals surface area contributed by atoms with Gasteiger partial charge in [0.2, 0.25) is 0 Å². The number of benzene rings is 1. The maximum Gasteiger partial charge on any atom is 0.178 e. The first-order valence-electron chi connectivity index (χ1n) is 14.3. The van der Waals surface area contributed by atoms with Crippen LogP contribution in [-0.4, -0.2) is 64.3 Å². The molecule has 1 aromatic carbocycles. The zero-order valence-corrected chi connectivity index (χ0v) is 23.6. The largest absolute Gasteiger partial charge is 0.390 e. The predicted octanol–water partition coefficient (Wildman–Crippen LogP) is 4.81. The Hall–Kier alpha value is -2.26. The number of halogens is 2. The monoisotopic (exact) mass is 567 g/mol. The lowest BCUT2D eigenvalue weighted by atomic mass is 9.43. The number of ketones is 2. The van der Waals surface area contributed by atoms with Crippen molar-refractivity contribution in [2.24, 2.45) is 34.0 Å². The number of allylic oxidation sites excluding steroid dienone is 4. The molecule has 0 amide bonds. The molecular weight excluding hydrogens is 532 g/mol. The molecule has 5 nitrogen and oxygen atoms in total. The van der Waals surface area contributed by atoms with Crippen LogP contribution in [0.3, 0.4) is 0 Å². The molecule has 0 radical (unpaired) electrons. The molecule has 0 bridgehead atoms. The molecule has 0 unspecified atom stereocenters. The first kappa shape index (κ1) is 26.6. The van der Waals surface area contributed by atoms with E-state index >= 15 is 8.78 Å². The molecule has 4 fully saturated rings. The van der Waals surface area contributed by atoms with Crippen LogP contribution in [0.25, 0.3) is 10.1 Å². The van der Waals surface area contributed by atoms with Gasteiger partial charge in [0, 0.05) is 40.5 Å². The van der Waals surface area contributed by atoms with Crippen LogP contribution in [0, 0.1) is 34.0 Å². The van der Waals surface area contributed by atoms with Crippen molar-refractivity contribution in [3.8, 4) is 0 Å². The molecule has 5 aliphatic rings. The molecule has 4 aliphatic carbocycles. The highest BCUT2D eigenvalue weighted by Gasteiger charge is 2.78. The molecule has 7 rings (SSSR count). The zero-order valence-electron chi connectivity index (χ0n) is 22.8. The second-order valence-electron chi connectivity index (χ2n) is 13.3. The van der Waals surface area contributed by atoms with Gasteiger partial charge in [0.05, 0.1) is 11.5 Å². The van der Waals surface area contributed by atoms with Crippen LogP contribution in [-0.2, 0) is 16.1 Å². The molecule has 2 heterocycles. The molecule has 2 N–H and O–H groups in total. The fourth-order valence-electron chi connectivity index (χ4n) is 9.97. The summed E-state index contributed by atoms with van der Waals surface area (Å²) < 4.78 is 34.5. The van der Waals surface area contributed by atoms with Crippen molar-refractivity contribution >= 4 is 33.0 Å². The lowest BCUT2D eigenvalue weighted by Gasteiger charge is -2.63. The molecule has 1 aliphatic heterocycles. The van der Waals surface area contributed by atoms with Gasteiger partial charge in [-0.2, -0.15) is 0 Å². The summed E-state index contributed by atoms with van der Waals surface area (Å²) in [5.74, 6) is -1.91. The highest BCUT2D eigenvalue weighted by molar-refractivity contribution is 7.19. The van der Waals surface area contributed by atoms with Crippen LogP contribution in [0.4, 0.5) is 8.78 Å². The highest BCUT2D eigenvalue weighted by Crippen LogP contribution is 2.74. The second-order valence-corrected chi connectivity index (χ2v) is 14.4. The van der Waals surface area contributed by atoms with Crippen LogP contribution in [0.5, 0.6) is 0 Å².